The summed E-state index contributed by atoms with van der Waals surface area (Å²) in [7, 11) is 0. The molecule has 1 aromatic heterocycles. The molecule has 0 bridgehead atoms. The molecule has 0 saturated carbocycles. The topological polar surface area (TPSA) is 57.2 Å². The van der Waals surface area contributed by atoms with E-state index in [1.807, 2.05) is 0 Å². The number of aromatic hydroxyl groups is 1. The molecule has 5 heteroatoms. The second-order valence-electron chi connectivity index (χ2n) is 5.00. The van der Waals surface area contributed by atoms with Crippen molar-refractivity contribution >= 4 is 16.5 Å². The molecule has 1 heterocycles. The summed E-state index contributed by atoms with van der Waals surface area (Å²) >= 11 is 0. The molecule has 3 nitrogen and oxygen atoms in total. The number of phenols is 1. The first-order valence-corrected chi connectivity index (χ1v) is 6.33. The highest BCUT2D eigenvalue weighted by atomic mass is 19.3. The van der Waals surface area contributed by atoms with Gasteiger partial charge in [-0.05, 0) is 35.8 Å². The van der Waals surface area contributed by atoms with Gasteiger partial charge in [-0.25, -0.2) is 8.78 Å². The first-order chi connectivity index (χ1) is 9.44. The fraction of sp³-hybridized carbons (Fsp3) is 0.267. The van der Waals surface area contributed by atoms with E-state index in [1.165, 1.54) is 12.1 Å². The standard InChI is InChI=1S/C15H13F2NO2/c16-15(17)5-3-9(4-6-15)10-7-12(19)11-1-2-14(18)20-13(11)8-10/h1-3,7-8,18-19H,4-6H2. The van der Waals surface area contributed by atoms with Gasteiger partial charge < -0.3 is 9.52 Å². The zero-order valence-electron chi connectivity index (χ0n) is 10.6. The Labute approximate surface area is 113 Å². The molecule has 0 atom stereocenters. The summed E-state index contributed by atoms with van der Waals surface area (Å²) < 4.78 is 31.5. The van der Waals surface area contributed by atoms with Gasteiger partial charge in [0.15, 0.2) is 0 Å². The number of halogens is 2. The van der Waals surface area contributed by atoms with E-state index in [4.69, 9.17) is 9.83 Å². The van der Waals surface area contributed by atoms with Crippen LogP contribution in [0.3, 0.4) is 0 Å². The Bertz CT molecular complexity index is 762. The van der Waals surface area contributed by atoms with Gasteiger partial charge in [-0.2, -0.15) is 0 Å². The van der Waals surface area contributed by atoms with Crippen molar-refractivity contribution in [3.05, 3.63) is 41.5 Å². The van der Waals surface area contributed by atoms with Crippen molar-refractivity contribution in [2.75, 3.05) is 0 Å². The first kappa shape index (κ1) is 12.8. The quantitative estimate of drug-likeness (QED) is 0.832. The van der Waals surface area contributed by atoms with Crippen LogP contribution in [0.15, 0.2) is 34.8 Å². The lowest BCUT2D eigenvalue weighted by Crippen LogP contribution is -2.18. The molecule has 0 amide bonds. The Balaban J connectivity index is 2.09. The molecule has 0 aliphatic heterocycles. The molecule has 2 aromatic rings. The molecule has 3 rings (SSSR count). The molecular weight excluding hydrogens is 264 g/mol. The Hall–Kier alpha value is -2.17. The van der Waals surface area contributed by atoms with E-state index in [9.17, 15) is 13.9 Å². The van der Waals surface area contributed by atoms with E-state index < -0.39 is 5.92 Å². The normalized spacial score (nSPS) is 18.0. The van der Waals surface area contributed by atoms with Crippen molar-refractivity contribution in [2.45, 2.75) is 25.2 Å². The maximum absolute atomic E-state index is 13.1. The monoisotopic (exact) mass is 277 g/mol. The molecule has 1 aromatic carbocycles. The molecule has 1 aliphatic carbocycles. The summed E-state index contributed by atoms with van der Waals surface area (Å²) in [5, 5.41) is 17.9. The van der Waals surface area contributed by atoms with Crippen molar-refractivity contribution in [3.63, 3.8) is 0 Å². The molecular formula is C15H13F2NO2. The summed E-state index contributed by atoms with van der Waals surface area (Å²) in [6.07, 6.45) is 1.30. The molecule has 0 fully saturated rings. The van der Waals surface area contributed by atoms with Gasteiger partial charge in [0.2, 0.25) is 5.55 Å². The van der Waals surface area contributed by atoms with Crippen LogP contribution in [-0.4, -0.2) is 11.0 Å². The number of phenolic OH excluding ortho intramolecular Hbond substituents is 1. The third kappa shape index (κ3) is 2.31. The van der Waals surface area contributed by atoms with E-state index in [0.717, 1.165) is 5.57 Å². The lowest BCUT2D eigenvalue weighted by Gasteiger charge is -2.21. The minimum Gasteiger partial charge on any atom is -0.507 e. The smallest absolute Gasteiger partial charge is 0.251 e. The second kappa shape index (κ2) is 4.44. The average Bonchev–Trinajstić information content (AvgIpc) is 2.38. The number of nitrogens with one attached hydrogen (secondary N) is 1. The van der Waals surface area contributed by atoms with E-state index in [-0.39, 0.29) is 30.6 Å². The molecule has 1 aliphatic rings. The predicted octanol–water partition coefficient (Wildman–Crippen LogP) is 3.82. The lowest BCUT2D eigenvalue weighted by atomic mass is 9.91. The summed E-state index contributed by atoms with van der Waals surface area (Å²) in [6.45, 7) is 0. The van der Waals surface area contributed by atoms with Crippen LogP contribution >= 0.6 is 0 Å². The van der Waals surface area contributed by atoms with Crippen LogP contribution in [0.4, 0.5) is 8.78 Å². The summed E-state index contributed by atoms with van der Waals surface area (Å²) in [5.41, 5.74) is 1.81. The maximum Gasteiger partial charge on any atom is 0.251 e. The van der Waals surface area contributed by atoms with Crippen LogP contribution in [0.2, 0.25) is 0 Å². The van der Waals surface area contributed by atoms with Gasteiger partial charge in [0.1, 0.15) is 11.3 Å². The highest BCUT2D eigenvalue weighted by Gasteiger charge is 2.31. The molecule has 0 saturated heterocycles. The number of benzene rings is 1. The van der Waals surface area contributed by atoms with Crippen LogP contribution in [0, 0.1) is 5.41 Å². The number of alkyl halides is 2. The minimum atomic E-state index is -2.64. The number of hydrogen-bond acceptors (Lipinski definition) is 3. The van der Waals surface area contributed by atoms with E-state index in [0.29, 0.717) is 16.5 Å². The fourth-order valence-electron chi connectivity index (χ4n) is 2.42. The van der Waals surface area contributed by atoms with Gasteiger partial charge in [-0.1, -0.05) is 6.08 Å². The van der Waals surface area contributed by atoms with E-state index >= 15 is 0 Å². The Morgan fingerprint density at radius 3 is 2.75 bits per heavy atom. The predicted molar refractivity (Wildman–Crippen MR) is 70.5 cm³/mol. The van der Waals surface area contributed by atoms with E-state index in [1.54, 1.807) is 18.2 Å². The van der Waals surface area contributed by atoms with Crippen molar-refractivity contribution in [1.82, 2.24) is 0 Å². The molecule has 0 unspecified atom stereocenters. The number of rotatable bonds is 1. The zero-order valence-corrected chi connectivity index (χ0v) is 10.6. The van der Waals surface area contributed by atoms with Crippen LogP contribution in [0.5, 0.6) is 5.75 Å². The van der Waals surface area contributed by atoms with Gasteiger partial charge >= 0.3 is 0 Å². The highest BCUT2D eigenvalue weighted by Crippen LogP contribution is 2.38. The molecule has 0 radical (unpaired) electrons. The van der Waals surface area contributed by atoms with Crippen LogP contribution in [-0.2, 0) is 0 Å². The van der Waals surface area contributed by atoms with Gasteiger partial charge in [-0.15, -0.1) is 0 Å². The lowest BCUT2D eigenvalue weighted by molar-refractivity contribution is -0.00602. The number of allylic oxidation sites excluding steroid dienone is 2. The molecule has 0 spiro atoms. The largest absolute Gasteiger partial charge is 0.507 e. The van der Waals surface area contributed by atoms with Crippen LogP contribution in [0.25, 0.3) is 16.5 Å². The third-order valence-electron chi connectivity index (χ3n) is 3.52. The fourth-order valence-corrected chi connectivity index (χ4v) is 2.42. The van der Waals surface area contributed by atoms with E-state index in [2.05, 4.69) is 0 Å². The molecule has 2 N–H and O–H groups in total. The Morgan fingerprint density at radius 1 is 1.25 bits per heavy atom. The minimum absolute atomic E-state index is 0.0155. The number of fused-ring (bicyclic) bond motifs is 1. The van der Waals surface area contributed by atoms with Crippen molar-refractivity contribution in [2.24, 2.45) is 0 Å². The number of hydrogen-bond donors (Lipinski definition) is 2. The molecule has 20 heavy (non-hydrogen) atoms. The maximum atomic E-state index is 13.1. The van der Waals surface area contributed by atoms with Crippen LogP contribution in [0.1, 0.15) is 24.8 Å². The Morgan fingerprint density at radius 2 is 2.05 bits per heavy atom. The third-order valence-corrected chi connectivity index (χ3v) is 3.52. The van der Waals surface area contributed by atoms with Gasteiger partial charge in [0, 0.05) is 18.9 Å². The second-order valence-corrected chi connectivity index (χ2v) is 5.00. The molecule has 104 valence electrons. The first-order valence-electron chi connectivity index (χ1n) is 6.33. The SMILES string of the molecule is N=c1ccc2c(O)cc(C3=CCC(F)(F)CC3)cc2o1. The van der Waals surface area contributed by atoms with Gasteiger partial charge in [0.05, 0.1) is 5.39 Å². The van der Waals surface area contributed by atoms with Crippen molar-refractivity contribution in [3.8, 4) is 5.75 Å². The van der Waals surface area contributed by atoms with Crippen molar-refractivity contribution < 1.29 is 18.3 Å². The average molecular weight is 277 g/mol. The van der Waals surface area contributed by atoms with Crippen LogP contribution < -0.4 is 5.55 Å². The Kier molecular flexibility index (Phi) is 2.85. The zero-order chi connectivity index (χ0) is 14.3. The highest BCUT2D eigenvalue weighted by molar-refractivity contribution is 5.87. The van der Waals surface area contributed by atoms with Crippen molar-refractivity contribution in [1.29, 1.82) is 5.41 Å². The van der Waals surface area contributed by atoms with Gasteiger partial charge in [-0.3, -0.25) is 5.41 Å². The van der Waals surface area contributed by atoms with Gasteiger partial charge in [0.25, 0.3) is 5.92 Å². The summed E-state index contributed by atoms with van der Waals surface area (Å²) in [5.74, 6) is -2.61. The summed E-state index contributed by atoms with van der Waals surface area (Å²) in [4.78, 5) is 0. The summed E-state index contributed by atoms with van der Waals surface area (Å²) in [6, 6.07) is 6.28.